The maximum Gasteiger partial charge on any atom is 0.126 e. The molecule has 2 N–H and O–H groups in total. The van der Waals surface area contributed by atoms with Gasteiger partial charge in [0.05, 0.1) is 11.9 Å². The third kappa shape index (κ3) is 1.22. The van der Waals surface area contributed by atoms with Crippen LogP contribution in [0.15, 0.2) is 24.5 Å². The van der Waals surface area contributed by atoms with Crippen molar-refractivity contribution < 1.29 is 4.39 Å². The zero-order valence-corrected chi connectivity index (χ0v) is 7.21. The molecule has 0 amide bonds. The van der Waals surface area contributed by atoms with E-state index in [4.69, 9.17) is 5.73 Å². The fraction of sp³-hybridized carbons (Fsp3) is 0.100. The summed E-state index contributed by atoms with van der Waals surface area (Å²) < 4.78 is 13.1. The van der Waals surface area contributed by atoms with Crippen molar-refractivity contribution in [3.8, 4) is 0 Å². The third-order valence-corrected chi connectivity index (χ3v) is 2.07. The highest BCUT2D eigenvalue weighted by molar-refractivity contribution is 5.92. The smallest absolute Gasteiger partial charge is 0.126 e. The first kappa shape index (κ1) is 7.98. The van der Waals surface area contributed by atoms with Crippen LogP contribution in [-0.2, 0) is 0 Å². The molecule has 66 valence electrons. The number of anilines is 1. The Kier molecular flexibility index (Phi) is 1.65. The third-order valence-electron chi connectivity index (χ3n) is 2.07. The van der Waals surface area contributed by atoms with Crippen molar-refractivity contribution >= 4 is 16.5 Å². The first-order valence-corrected chi connectivity index (χ1v) is 3.98. The van der Waals surface area contributed by atoms with E-state index in [0.29, 0.717) is 11.3 Å². The van der Waals surface area contributed by atoms with E-state index >= 15 is 0 Å². The number of nitrogens with zero attached hydrogens (tertiary/aromatic N) is 1. The molecule has 0 saturated heterocycles. The second-order valence-electron chi connectivity index (χ2n) is 3.05. The second-order valence-corrected chi connectivity index (χ2v) is 3.05. The number of benzene rings is 1. The van der Waals surface area contributed by atoms with Crippen LogP contribution in [0.25, 0.3) is 10.8 Å². The molecule has 2 rings (SSSR count). The summed E-state index contributed by atoms with van der Waals surface area (Å²) in [5, 5.41) is 1.59. The number of pyridine rings is 1. The number of hydrogen-bond donors (Lipinski definition) is 1. The van der Waals surface area contributed by atoms with Gasteiger partial charge >= 0.3 is 0 Å². The zero-order chi connectivity index (χ0) is 9.42. The van der Waals surface area contributed by atoms with Crippen LogP contribution in [0.5, 0.6) is 0 Å². The first-order chi connectivity index (χ1) is 6.18. The van der Waals surface area contributed by atoms with Gasteiger partial charge in [-0.15, -0.1) is 0 Å². The molecule has 0 spiro atoms. The van der Waals surface area contributed by atoms with Crippen molar-refractivity contribution in [2.75, 3.05) is 5.73 Å². The van der Waals surface area contributed by atoms with Gasteiger partial charge in [0, 0.05) is 17.0 Å². The Hall–Kier alpha value is -1.64. The Balaban J connectivity index is 2.89. The van der Waals surface area contributed by atoms with Gasteiger partial charge in [0.15, 0.2) is 0 Å². The number of hydrogen-bond acceptors (Lipinski definition) is 2. The molecule has 0 radical (unpaired) electrons. The molecule has 2 nitrogen and oxygen atoms in total. The van der Waals surface area contributed by atoms with E-state index in [-0.39, 0.29) is 5.82 Å². The van der Waals surface area contributed by atoms with Crippen molar-refractivity contribution in [1.82, 2.24) is 4.98 Å². The van der Waals surface area contributed by atoms with Crippen LogP contribution < -0.4 is 5.73 Å². The average molecular weight is 176 g/mol. The number of halogens is 1. The van der Waals surface area contributed by atoms with E-state index in [0.717, 1.165) is 10.8 Å². The van der Waals surface area contributed by atoms with Gasteiger partial charge in [0.2, 0.25) is 0 Å². The van der Waals surface area contributed by atoms with Gasteiger partial charge in [-0.1, -0.05) is 0 Å². The minimum Gasteiger partial charge on any atom is -0.397 e. The summed E-state index contributed by atoms with van der Waals surface area (Å²) >= 11 is 0. The Morgan fingerprint density at radius 2 is 2.08 bits per heavy atom. The summed E-state index contributed by atoms with van der Waals surface area (Å²) in [6.45, 7) is 1.72. The monoisotopic (exact) mass is 176 g/mol. The predicted octanol–water partition coefficient (Wildman–Crippen LogP) is 2.26. The predicted molar refractivity (Wildman–Crippen MR) is 50.9 cm³/mol. The van der Waals surface area contributed by atoms with Crippen LogP contribution in [-0.4, -0.2) is 4.98 Å². The molecular weight excluding hydrogens is 167 g/mol. The molecule has 0 fully saturated rings. The molecule has 0 aliphatic heterocycles. The molecule has 13 heavy (non-hydrogen) atoms. The summed E-state index contributed by atoms with van der Waals surface area (Å²) in [7, 11) is 0. The molecule has 0 unspecified atom stereocenters. The number of fused-ring (bicyclic) bond motifs is 1. The largest absolute Gasteiger partial charge is 0.397 e. The van der Waals surface area contributed by atoms with Crippen LogP contribution in [0.1, 0.15) is 5.56 Å². The SMILES string of the molecule is Cc1cc2c(N)cncc2cc1F. The molecule has 0 atom stereocenters. The second kappa shape index (κ2) is 2.69. The highest BCUT2D eigenvalue weighted by Crippen LogP contribution is 2.22. The minimum atomic E-state index is -0.222. The van der Waals surface area contributed by atoms with E-state index in [1.54, 1.807) is 25.4 Å². The number of nitrogens with two attached hydrogens (primary N) is 1. The normalized spacial score (nSPS) is 10.6. The fourth-order valence-electron chi connectivity index (χ4n) is 1.32. The summed E-state index contributed by atoms with van der Waals surface area (Å²) in [6.07, 6.45) is 3.17. The summed E-state index contributed by atoms with van der Waals surface area (Å²) in [5.74, 6) is -0.222. The average Bonchev–Trinajstić information content (AvgIpc) is 2.09. The molecule has 0 aliphatic carbocycles. The van der Waals surface area contributed by atoms with Crippen molar-refractivity contribution in [3.63, 3.8) is 0 Å². The molecule has 1 heterocycles. The highest BCUT2D eigenvalue weighted by Gasteiger charge is 2.02. The lowest BCUT2D eigenvalue weighted by molar-refractivity contribution is 0.620. The van der Waals surface area contributed by atoms with Gasteiger partial charge < -0.3 is 5.73 Å². The van der Waals surface area contributed by atoms with E-state index in [1.807, 2.05) is 0 Å². The summed E-state index contributed by atoms with van der Waals surface area (Å²) in [5.41, 5.74) is 6.88. The number of rotatable bonds is 0. The molecular formula is C10H9FN2. The summed E-state index contributed by atoms with van der Waals surface area (Å²) in [4.78, 5) is 3.89. The lowest BCUT2D eigenvalue weighted by Crippen LogP contribution is -1.90. The quantitative estimate of drug-likeness (QED) is 0.668. The fourth-order valence-corrected chi connectivity index (χ4v) is 1.32. The van der Waals surface area contributed by atoms with Crippen LogP contribution in [0.4, 0.5) is 10.1 Å². The number of nitrogen functional groups attached to an aromatic ring is 1. The van der Waals surface area contributed by atoms with E-state index in [1.165, 1.54) is 6.07 Å². The van der Waals surface area contributed by atoms with Crippen molar-refractivity contribution in [2.24, 2.45) is 0 Å². The van der Waals surface area contributed by atoms with Crippen molar-refractivity contribution in [2.45, 2.75) is 6.92 Å². The van der Waals surface area contributed by atoms with E-state index < -0.39 is 0 Å². The van der Waals surface area contributed by atoms with Gasteiger partial charge in [-0.2, -0.15) is 0 Å². The van der Waals surface area contributed by atoms with Gasteiger partial charge in [-0.3, -0.25) is 4.98 Å². The van der Waals surface area contributed by atoms with Gasteiger partial charge in [0.1, 0.15) is 5.82 Å². The number of aryl methyl sites for hydroxylation is 1. The van der Waals surface area contributed by atoms with Gasteiger partial charge in [-0.25, -0.2) is 4.39 Å². The highest BCUT2D eigenvalue weighted by atomic mass is 19.1. The van der Waals surface area contributed by atoms with Crippen LogP contribution in [0, 0.1) is 12.7 Å². The zero-order valence-electron chi connectivity index (χ0n) is 7.21. The van der Waals surface area contributed by atoms with E-state index in [2.05, 4.69) is 4.98 Å². The van der Waals surface area contributed by atoms with Crippen molar-refractivity contribution in [1.29, 1.82) is 0 Å². The van der Waals surface area contributed by atoms with Crippen LogP contribution in [0.2, 0.25) is 0 Å². The summed E-state index contributed by atoms with van der Waals surface area (Å²) in [6, 6.07) is 3.19. The maximum absolute atomic E-state index is 13.1. The lowest BCUT2D eigenvalue weighted by Gasteiger charge is -2.02. The molecule has 0 bridgehead atoms. The Morgan fingerprint density at radius 3 is 2.85 bits per heavy atom. The standard InChI is InChI=1S/C10H9FN2/c1-6-2-8-7(3-9(6)11)4-13-5-10(8)12/h2-5H,12H2,1H3. The van der Waals surface area contributed by atoms with Gasteiger partial charge in [0.25, 0.3) is 0 Å². The van der Waals surface area contributed by atoms with Crippen LogP contribution in [0.3, 0.4) is 0 Å². The molecule has 1 aromatic carbocycles. The topological polar surface area (TPSA) is 38.9 Å². The molecule has 2 aromatic rings. The minimum absolute atomic E-state index is 0.222. The maximum atomic E-state index is 13.1. The van der Waals surface area contributed by atoms with Gasteiger partial charge in [-0.05, 0) is 24.6 Å². The Morgan fingerprint density at radius 1 is 1.31 bits per heavy atom. The Labute approximate surface area is 75.2 Å². The lowest BCUT2D eigenvalue weighted by atomic mass is 10.1. The molecule has 0 saturated carbocycles. The number of aromatic nitrogens is 1. The van der Waals surface area contributed by atoms with Crippen molar-refractivity contribution in [3.05, 3.63) is 35.9 Å². The molecule has 1 aromatic heterocycles. The molecule has 0 aliphatic rings. The Bertz CT molecular complexity index is 466. The van der Waals surface area contributed by atoms with Crippen LogP contribution >= 0.6 is 0 Å². The first-order valence-electron chi connectivity index (χ1n) is 3.98. The molecule has 3 heteroatoms. The van der Waals surface area contributed by atoms with E-state index in [9.17, 15) is 4.39 Å².